The predicted octanol–water partition coefficient (Wildman–Crippen LogP) is 1.48. The Morgan fingerprint density at radius 1 is 1.15 bits per heavy atom. The highest BCUT2D eigenvalue weighted by Crippen LogP contribution is 2.27. The van der Waals surface area contributed by atoms with Gasteiger partial charge in [-0.25, -0.2) is 4.79 Å². The van der Waals surface area contributed by atoms with Crippen LogP contribution in [0.2, 0.25) is 0 Å². The third-order valence-electron chi connectivity index (χ3n) is 3.15. The number of nitrogens with zero attached hydrogens (tertiary/aromatic N) is 1. The van der Waals surface area contributed by atoms with Crippen LogP contribution in [0.3, 0.4) is 0 Å². The molecule has 3 rings (SSSR count). The zero-order valence-corrected chi connectivity index (χ0v) is 10.5. The molecule has 2 aromatic rings. The number of esters is 1. The zero-order chi connectivity index (χ0) is 13.9. The molecule has 1 amide bonds. The van der Waals surface area contributed by atoms with Gasteiger partial charge in [-0.3, -0.25) is 9.78 Å². The second kappa shape index (κ2) is 5.13. The van der Waals surface area contributed by atoms with E-state index in [0.717, 1.165) is 5.56 Å². The van der Waals surface area contributed by atoms with E-state index in [1.165, 1.54) is 0 Å². The van der Waals surface area contributed by atoms with E-state index in [9.17, 15) is 9.59 Å². The van der Waals surface area contributed by atoms with Crippen LogP contribution in [0, 0.1) is 0 Å². The summed E-state index contributed by atoms with van der Waals surface area (Å²) < 4.78 is 5.27. The summed E-state index contributed by atoms with van der Waals surface area (Å²) in [5, 5.41) is 2.71. The number of amides is 1. The van der Waals surface area contributed by atoms with Crippen molar-refractivity contribution in [2.75, 3.05) is 0 Å². The summed E-state index contributed by atoms with van der Waals surface area (Å²) in [6, 6.07) is 11.9. The lowest BCUT2D eigenvalue weighted by Gasteiger charge is -2.35. The van der Waals surface area contributed by atoms with E-state index < -0.39 is 12.1 Å². The number of pyridine rings is 1. The molecule has 0 aliphatic carbocycles. The summed E-state index contributed by atoms with van der Waals surface area (Å²) >= 11 is 0. The standard InChI is InChI=1S/C15H12N2O3/c18-14-13(12(17-14)11-7-4-8-16-9-11)20-15(19)10-5-2-1-3-6-10/h1-9,12-13H,(H,17,18)/t12-,13-/m0/s1. The van der Waals surface area contributed by atoms with Crippen LogP contribution < -0.4 is 5.32 Å². The maximum absolute atomic E-state index is 12.0. The van der Waals surface area contributed by atoms with Crippen molar-refractivity contribution in [1.29, 1.82) is 0 Å². The van der Waals surface area contributed by atoms with E-state index in [1.807, 2.05) is 12.1 Å². The van der Waals surface area contributed by atoms with E-state index >= 15 is 0 Å². The fourth-order valence-electron chi connectivity index (χ4n) is 2.06. The van der Waals surface area contributed by atoms with E-state index in [-0.39, 0.29) is 11.9 Å². The molecule has 0 spiro atoms. The molecule has 5 nitrogen and oxygen atoms in total. The van der Waals surface area contributed by atoms with Crippen molar-refractivity contribution in [3.63, 3.8) is 0 Å². The molecule has 0 bridgehead atoms. The first-order chi connectivity index (χ1) is 9.75. The van der Waals surface area contributed by atoms with Gasteiger partial charge in [-0.05, 0) is 23.8 Å². The Balaban J connectivity index is 1.73. The summed E-state index contributed by atoms with van der Waals surface area (Å²) in [5.41, 5.74) is 1.25. The molecule has 0 radical (unpaired) electrons. The molecule has 2 heterocycles. The van der Waals surface area contributed by atoms with Crippen LogP contribution in [-0.4, -0.2) is 23.0 Å². The van der Waals surface area contributed by atoms with Crippen LogP contribution in [0.25, 0.3) is 0 Å². The second-order valence-electron chi connectivity index (χ2n) is 4.46. The van der Waals surface area contributed by atoms with Gasteiger partial charge in [0.05, 0.1) is 5.56 Å². The molecule has 1 aliphatic heterocycles. The van der Waals surface area contributed by atoms with Crippen LogP contribution in [-0.2, 0) is 9.53 Å². The minimum absolute atomic E-state index is 0.289. The van der Waals surface area contributed by atoms with Gasteiger partial charge in [0.15, 0.2) is 0 Å². The summed E-state index contributed by atoms with van der Waals surface area (Å²) in [7, 11) is 0. The number of β-lactam (4-membered cyclic amide) rings is 1. The van der Waals surface area contributed by atoms with Crippen LogP contribution >= 0.6 is 0 Å². The van der Waals surface area contributed by atoms with Gasteiger partial charge in [0.1, 0.15) is 6.04 Å². The Kier molecular flexibility index (Phi) is 3.16. The summed E-state index contributed by atoms with van der Waals surface area (Å²) in [6.07, 6.45) is 2.49. The number of carbonyl (C=O) groups excluding carboxylic acids is 2. The van der Waals surface area contributed by atoms with Crippen molar-refractivity contribution in [3.8, 4) is 0 Å². The summed E-state index contributed by atoms with van der Waals surface area (Å²) in [4.78, 5) is 27.5. The maximum Gasteiger partial charge on any atom is 0.338 e. The normalized spacial score (nSPS) is 20.7. The highest BCUT2D eigenvalue weighted by atomic mass is 16.6. The smallest absolute Gasteiger partial charge is 0.338 e. The Hall–Kier alpha value is -2.69. The minimum Gasteiger partial charge on any atom is -0.446 e. The monoisotopic (exact) mass is 268 g/mol. The molecule has 2 atom stereocenters. The highest BCUT2D eigenvalue weighted by molar-refractivity contribution is 5.95. The Morgan fingerprint density at radius 2 is 1.95 bits per heavy atom. The SMILES string of the molecule is O=C(O[C@@H]1C(=O)N[C@H]1c1cccnc1)c1ccccc1. The number of rotatable bonds is 3. The van der Waals surface area contributed by atoms with Gasteiger partial charge < -0.3 is 10.1 Å². The maximum atomic E-state index is 12.0. The van der Waals surface area contributed by atoms with Gasteiger partial charge in [-0.15, -0.1) is 0 Å². The number of aromatic nitrogens is 1. The average molecular weight is 268 g/mol. The van der Waals surface area contributed by atoms with E-state index in [1.54, 1.807) is 42.7 Å². The average Bonchev–Trinajstić information content (AvgIpc) is 2.51. The Labute approximate surface area is 115 Å². The van der Waals surface area contributed by atoms with Gasteiger partial charge >= 0.3 is 5.97 Å². The van der Waals surface area contributed by atoms with Gasteiger partial charge in [-0.1, -0.05) is 24.3 Å². The quantitative estimate of drug-likeness (QED) is 0.676. The first kappa shape index (κ1) is 12.3. The van der Waals surface area contributed by atoms with Gasteiger partial charge in [0.25, 0.3) is 5.91 Å². The third-order valence-corrected chi connectivity index (χ3v) is 3.15. The lowest BCUT2D eigenvalue weighted by molar-refractivity contribution is -0.143. The van der Waals surface area contributed by atoms with E-state index in [0.29, 0.717) is 5.56 Å². The highest BCUT2D eigenvalue weighted by Gasteiger charge is 2.43. The van der Waals surface area contributed by atoms with Crippen LogP contribution in [0.4, 0.5) is 0 Å². The topological polar surface area (TPSA) is 68.3 Å². The Bertz CT molecular complexity index is 628. The third kappa shape index (κ3) is 2.25. The van der Waals surface area contributed by atoms with E-state index in [2.05, 4.69) is 10.3 Å². The van der Waals surface area contributed by atoms with Gasteiger partial charge in [-0.2, -0.15) is 0 Å². The number of ether oxygens (including phenoxy) is 1. The fourth-order valence-corrected chi connectivity index (χ4v) is 2.06. The first-order valence-electron chi connectivity index (χ1n) is 6.22. The minimum atomic E-state index is -0.799. The zero-order valence-electron chi connectivity index (χ0n) is 10.5. The number of nitrogens with one attached hydrogen (secondary N) is 1. The van der Waals surface area contributed by atoms with Crippen molar-refractivity contribution in [3.05, 3.63) is 66.0 Å². The number of hydrogen-bond donors (Lipinski definition) is 1. The van der Waals surface area contributed by atoms with Gasteiger partial charge in [0.2, 0.25) is 6.10 Å². The predicted molar refractivity (Wildman–Crippen MR) is 70.8 cm³/mol. The lowest BCUT2D eigenvalue weighted by Crippen LogP contribution is -2.57. The molecule has 20 heavy (non-hydrogen) atoms. The summed E-state index contributed by atoms with van der Waals surface area (Å²) in [5.74, 6) is -0.789. The Morgan fingerprint density at radius 3 is 2.60 bits per heavy atom. The molecule has 1 aliphatic rings. The van der Waals surface area contributed by atoms with Crippen molar-refractivity contribution in [1.82, 2.24) is 10.3 Å². The van der Waals surface area contributed by atoms with Gasteiger partial charge in [0, 0.05) is 12.4 Å². The first-order valence-corrected chi connectivity index (χ1v) is 6.22. The van der Waals surface area contributed by atoms with Crippen molar-refractivity contribution in [2.45, 2.75) is 12.1 Å². The van der Waals surface area contributed by atoms with E-state index in [4.69, 9.17) is 4.74 Å². The molecule has 1 N–H and O–H groups in total. The molecule has 1 aromatic heterocycles. The number of carbonyl (C=O) groups is 2. The molecule has 0 unspecified atom stereocenters. The number of benzene rings is 1. The molecule has 1 aromatic carbocycles. The van der Waals surface area contributed by atoms with Crippen LogP contribution in [0.1, 0.15) is 22.0 Å². The molecule has 5 heteroatoms. The lowest BCUT2D eigenvalue weighted by atomic mass is 9.95. The van der Waals surface area contributed by atoms with Crippen molar-refractivity contribution < 1.29 is 14.3 Å². The van der Waals surface area contributed by atoms with Crippen LogP contribution in [0.15, 0.2) is 54.9 Å². The summed E-state index contributed by atoms with van der Waals surface area (Å²) in [6.45, 7) is 0. The van der Waals surface area contributed by atoms with Crippen molar-refractivity contribution in [2.24, 2.45) is 0 Å². The fraction of sp³-hybridized carbons (Fsp3) is 0.133. The molecular formula is C15H12N2O3. The molecule has 0 saturated carbocycles. The van der Waals surface area contributed by atoms with Crippen molar-refractivity contribution >= 4 is 11.9 Å². The molecule has 100 valence electrons. The second-order valence-corrected chi connectivity index (χ2v) is 4.46. The van der Waals surface area contributed by atoms with Crippen LogP contribution in [0.5, 0.6) is 0 Å². The molecule has 1 saturated heterocycles. The number of hydrogen-bond acceptors (Lipinski definition) is 4. The molecular weight excluding hydrogens is 256 g/mol. The largest absolute Gasteiger partial charge is 0.446 e. The molecule has 1 fully saturated rings.